The van der Waals surface area contributed by atoms with Crippen LogP contribution in [0.1, 0.15) is 22.8 Å². The van der Waals surface area contributed by atoms with Crippen molar-refractivity contribution in [1.29, 1.82) is 0 Å². The molecule has 4 N–H and O–H groups in total. The summed E-state index contributed by atoms with van der Waals surface area (Å²) in [6.45, 7) is 2.08. The van der Waals surface area contributed by atoms with E-state index in [0.29, 0.717) is 16.8 Å². The molecule has 1 heterocycles. The number of phenolic OH excluding ortho intramolecular Hbond substituents is 1. The molecule has 5 aromatic carbocycles. The summed E-state index contributed by atoms with van der Waals surface area (Å²) >= 11 is 0. The third-order valence-corrected chi connectivity index (χ3v) is 7.02. The van der Waals surface area contributed by atoms with Crippen molar-refractivity contribution in [3.8, 4) is 5.75 Å². The quantitative estimate of drug-likeness (QED) is 0.168. The van der Waals surface area contributed by atoms with Crippen molar-refractivity contribution in [2.45, 2.75) is 13.3 Å². The van der Waals surface area contributed by atoms with E-state index in [4.69, 9.17) is 0 Å². The van der Waals surface area contributed by atoms with E-state index in [0.717, 1.165) is 39.3 Å². The summed E-state index contributed by atoms with van der Waals surface area (Å²) in [5.74, 6) is -0.655. The molecule has 0 radical (unpaired) electrons. The lowest BCUT2D eigenvalue weighted by atomic mass is 10.00. The summed E-state index contributed by atoms with van der Waals surface area (Å²) in [5.41, 5.74) is 5.55. The van der Waals surface area contributed by atoms with Crippen LogP contribution in [-0.4, -0.2) is 23.0 Å². The summed E-state index contributed by atoms with van der Waals surface area (Å²) < 4.78 is 0. The van der Waals surface area contributed by atoms with Crippen LogP contribution in [0, 0.1) is 0 Å². The maximum atomic E-state index is 13.4. The number of para-hydroxylation sites is 1. The molecule has 0 spiro atoms. The first-order valence-electron chi connectivity index (χ1n) is 12.8. The van der Waals surface area contributed by atoms with E-state index in [1.807, 2.05) is 85.9 Å². The molecule has 0 saturated heterocycles. The van der Waals surface area contributed by atoms with Gasteiger partial charge in [-0.25, -0.2) is 0 Å². The highest BCUT2D eigenvalue weighted by Gasteiger charge is 2.21. The van der Waals surface area contributed by atoms with Crippen LogP contribution in [0.3, 0.4) is 0 Å². The van der Waals surface area contributed by atoms with Crippen LogP contribution in [0.25, 0.3) is 32.6 Å². The second-order valence-electron chi connectivity index (χ2n) is 9.38. The van der Waals surface area contributed by atoms with Gasteiger partial charge in [-0.2, -0.15) is 5.11 Å². The van der Waals surface area contributed by atoms with Gasteiger partial charge in [-0.3, -0.25) is 4.79 Å². The number of fused-ring (bicyclic) bond motifs is 5. The average Bonchev–Trinajstić information content (AvgIpc) is 3.36. The van der Waals surface area contributed by atoms with E-state index in [-0.39, 0.29) is 17.0 Å². The number of carbonyl (C=O) groups is 1. The topological polar surface area (TPSA) is 102 Å². The fourth-order valence-electron chi connectivity index (χ4n) is 4.88. The molecular weight excluding hydrogens is 486 g/mol. The molecule has 1 amide bonds. The minimum absolute atomic E-state index is 0.122. The number of aromatic amines is 1. The summed E-state index contributed by atoms with van der Waals surface area (Å²) in [6, 6.07) is 28.8. The first-order chi connectivity index (χ1) is 19.1. The third-order valence-electron chi connectivity index (χ3n) is 7.02. The zero-order chi connectivity index (χ0) is 26.9. The number of nitrogens with one attached hydrogen (secondary N) is 3. The molecule has 0 unspecified atom stereocenters. The molecule has 0 aliphatic rings. The number of hydrogen-bond donors (Lipinski definition) is 4. The van der Waals surface area contributed by atoms with Crippen molar-refractivity contribution in [3.63, 3.8) is 0 Å². The van der Waals surface area contributed by atoms with Gasteiger partial charge in [0.1, 0.15) is 5.69 Å². The van der Waals surface area contributed by atoms with Crippen LogP contribution in [0.5, 0.6) is 5.75 Å². The van der Waals surface area contributed by atoms with Gasteiger partial charge < -0.3 is 20.7 Å². The summed E-state index contributed by atoms with van der Waals surface area (Å²) in [6.07, 6.45) is 0.911. The van der Waals surface area contributed by atoms with Crippen LogP contribution in [0.2, 0.25) is 0 Å². The van der Waals surface area contributed by atoms with Crippen LogP contribution >= 0.6 is 0 Å². The van der Waals surface area contributed by atoms with E-state index in [9.17, 15) is 9.90 Å². The standard InChI is InChI=1S/C32H27N5O2/c1-3-19-8-11-22(12-9-19)34-32(39)26-18-20-10-17-25-24-6-4-5-7-27(24)35-29(25)28(20)30(31(26)38)37-36-23-15-13-21(33-2)14-16-23/h4-18,33,35,38H,3H2,1-2H3,(H,34,39). The van der Waals surface area contributed by atoms with Crippen LogP contribution in [0.4, 0.5) is 22.7 Å². The highest BCUT2D eigenvalue weighted by atomic mass is 16.3. The Morgan fingerprint density at radius 2 is 1.62 bits per heavy atom. The van der Waals surface area contributed by atoms with Crippen molar-refractivity contribution in [3.05, 3.63) is 102 Å². The van der Waals surface area contributed by atoms with Gasteiger partial charge in [0, 0.05) is 40.1 Å². The fourth-order valence-corrected chi connectivity index (χ4v) is 4.88. The van der Waals surface area contributed by atoms with Crippen LogP contribution in [-0.2, 0) is 6.42 Å². The monoisotopic (exact) mass is 513 g/mol. The Morgan fingerprint density at radius 1 is 0.872 bits per heavy atom. The Balaban J connectivity index is 1.52. The number of anilines is 2. The smallest absolute Gasteiger partial charge is 0.259 e. The third kappa shape index (κ3) is 4.44. The zero-order valence-electron chi connectivity index (χ0n) is 21.6. The Kier molecular flexibility index (Phi) is 6.17. The molecule has 6 rings (SSSR count). The molecule has 0 saturated carbocycles. The molecule has 0 atom stereocenters. The first-order valence-corrected chi connectivity index (χ1v) is 12.8. The van der Waals surface area contributed by atoms with Gasteiger partial charge in [0.05, 0.1) is 16.8 Å². The number of aromatic hydroxyl groups is 1. The molecular formula is C32H27N5O2. The Hall–Kier alpha value is -5.17. The fraction of sp³-hybridized carbons (Fsp3) is 0.0938. The largest absolute Gasteiger partial charge is 0.505 e. The maximum absolute atomic E-state index is 13.4. The van der Waals surface area contributed by atoms with E-state index >= 15 is 0 Å². The molecule has 0 aliphatic heterocycles. The lowest BCUT2D eigenvalue weighted by Crippen LogP contribution is -2.12. The van der Waals surface area contributed by atoms with Crippen molar-refractivity contribution in [1.82, 2.24) is 4.98 Å². The number of amides is 1. The molecule has 7 heteroatoms. The molecule has 0 fully saturated rings. The number of H-pyrrole nitrogens is 1. The number of hydrogen-bond acceptors (Lipinski definition) is 5. The van der Waals surface area contributed by atoms with Gasteiger partial charge in [0.2, 0.25) is 0 Å². The number of azo groups is 1. The van der Waals surface area contributed by atoms with Crippen molar-refractivity contribution in [2.24, 2.45) is 10.2 Å². The Morgan fingerprint density at radius 3 is 2.36 bits per heavy atom. The first kappa shape index (κ1) is 24.2. The van der Waals surface area contributed by atoms with Gasteiger partial charge in [-0.15, -0.1) is 5.11 Å². The van der Waals surface area contributed by atoms with Crippen LogP contribution < -0.4 is 10.6 Å². The Labute approximate surface area is 225 Å². The number of phenols is 1. The highest BCUT2D eigenvalue weighted by Crippen LogP contribution is 2.44. The maximum Gasteiger partial charge on any atom is 0.259 e. The molecule has 0 aliphatic carbocycles. The minimum atomic E-state index is -0.426. The van der Waals surface area contributed by atoms with E-state index in [1.165, 1.54) is 5.56 Å². The summed E-state index contributed by atoms with van der Waals surface area (Å²) in [5, 5.41) is 29.9. The van der Waals surface area contributed by atoms with Gasteiger partial charge >= 0.3 is 0 Å². The van der Waals surface area contributed by atoms with Gasteiger partial charge in [0.25, 0.3) is 5.91 Å². The van der Waals surface area contributed by atoms with E-state index in [1.54, 1.807) is 6.07 Å². The average molecular weight is 514 g/mol. The van der Waals surface area contributed by atoms with E-state index in [2.05, 4.69) is 38.8 Å². The lowest BCUT2D eigenvalue weighted by molar-refractivity contribution is 0.102. The molecule has 7 nitrogen and oxygen atoms in total. The SMILES string of the molecule is CCc1ccc(NC(=O)c2cc3ccc4c5ccccc5[nH]c4c3c(N=Nc3ccc(NC)cc3)c2O)cc1. The normalized spacial score (nSPS) is 11.5. The van der Waals surface area contributed by atoms with Crippen molar-refractivity contribution < 1.29 is 9.90 Å². The molecule has 6 aromatic rings. The highest BCUT2D eigenvalue weighted by molar-refractivity contribution is 6.22. The zero-order valence-corrected chi connectivity index (χ0v) is 21.6. The van der Waals surface area contributed by atoms with Crippen molar-refractivity contribution in [2.75, 3.05) is 17.7 Å². The molecule has 192 valence electrons. The number of nitrogens with zero attached hydrogens (tertiary/aromatic N) is 2. The number of rotatable bonds is 6. The lowest BCUT2D eigenvalue weighted by Gasteiger charge is -2.12. The minimum Gasteiger partial charge on any atom is -0.505 e. The predicted octanol–water partition coefficient (Wildman–Crippen LogP) is 8.45. The number of benzene rings is 5. The summed E-state index contributed by atoms with van der Waals surface area (Å²) in [4.78, 5) is 16.9. The van der Waals surface area contributed by atoms with Gasteiger partial charge in [-0.1, -0.05) is 49.4 Å². The second-order valence-corrected chi connectivity index (χ2v) is 9.38. The van der Waals surface area contributed by atoms with Crippen LogP contribution in [0.15, 0.2) is 101 Å². The molecule has 0 bridgehead atoms. The molecule has 39 heavy (non-hydrogen) atoms. The number of aromatic nitrogens is 1. The van der Waals surface area contributed by atoms with Gasteiger partial charge in [-0.05, 0) is 65.9 Å². The van der Waals surface area contributed by atoms with Gasteiger partial charge in [0.15, 0.2) is 5.75 Å². The molecule has 1 aromatic heterocycles. The summed E-state index contributed by atoms with van der Waals surface area (Å²) in [7, 11) is 1.85. The number of carbonyl (C=O) groups excluding carboxylic acids is 1. The van der Waals surface area contributed by atoms with Crippen molar-refractivity contribution >= 4 is 61.2 Å². The predicted molar refractivity (Wildman–Crippen MR) is 159 cm³/mol. The Bertz CT molecular complexity index is 1870. The second kappa shape index (κ2) is 9.95. The number of aryl methyl sites for hydroxylation is 1. The van der Waals surface area contributed by atoms with E-state index < -0.39 is 5.91 Å².